The van der Waals surface area contributed by atoms with Gasteiger partial charge in [-0.1, -0.05) is 0 Å². The molecule has 3 heterocycles. The zero-order valence-corrected chi connectivity index (χ0v) is 15.8. The van der Waals surface area contributed by atoms with Crippen LogP contribution in [0.15, 0.2) is 16.7 Å². The molecule has 1 unspecified atom stereocenters. The van der Waals surface area contributed by atoms with Crippen LogP contribution >= 0.6 is 15.9 Å². The molecule has 2 N–H and O–H groups in total. The number of aromatic nitrogens is 3. The maximum Gasteiger partial charge on any atom is 0.220 e. The molecule has 2 aromatic heterocycles. The molecule has 0 bridgehead atoms. The minimum atomic E-state index is 0.280. The molecule has 1 aliphatic heterocycles. The van der Waals surface area contributed by atoms with Crippen LogP contribution in [0.2, 0.25) is 0 Å². The van der Waals surface area contributed by atoms with E-state index in [4.69, 9.17) is 10.5 Å². The van der Waals surface area contributed by atoms with Crippen molar-refractivity contribution in [2.45, 2.75) is 25.7 Å². The Morgan fingerprint density at radius 3 is 2.75 bits per heavy atom. The molecule has 7 heteroatoms. The largest absolute Gasteiger partial charge is 0.494 e. The second-order valence-electron chi connectivity index (χ2n) is 6.23. The summed E-state index contributed by atoms with van der Waals surface area (Å²) >= 11 is 3.42. The van der Waals surface area contributed by atoms with Gasteiger partial charge in [0, 0.05) is 12.5 Å². The van der Waals surface area contributed by atoms with Gasteiger partial charge in [0.15, 0.2) is 0 Å². The molecule has 1 atom stereocenters. The molecule has 0 amide bonds. The van der Waals surface area contributed by atoms with Gasteiger partial charge in [0.25, 0.3) is 0 Å². The highest BCUT2D eigenvalue weighted by Crippen LogP contribution is 2.35. The summed E-state index contributed by atoms with van der Waals surface area (Å²) in [7, 11) is 3.77. The smallest absolute Gasteiger partial charge is 0.220 e. The lowest BCUT2D eigenvalue weighted by atomic mass is 9.91. The van der Waals surface area contributed by atoms with Gasteiger partial charge in [0.05, 0.1) is 12.8 Å². The molecular formula is C17H22BrN5O. The van der Waals surface area contributed by atoms with E-state index < -0.39 is 0 Å². The first-order valence-corrected chi connectivity index (χ1v) is 8.82. The van der Waals surface area contributed by atoms with Crippen molar-refractivity contribution in [2.75, 3.05) is 33.0 Å². The Balaban J connectivity index is 2.11. The van der Waals surface area contributed by atoms with Crippen LogP contribution in [0.3, 0.4) is 0 Å². The van der Waals surface area contributed by atoms with Crippen molar-refractivity contribution in [1.29, 1.82) is 0 Å². The summed E-state index contributed by atoms with van der Waals surface area (Å²) in [5.41, 5.74) is 9.49. The summed E-state index contributed by atoms with van der Waals surface area (Å²) in [6.45, 7) is 4.16. The molecule has 0 spiro atoms. The number of nitrogen functional groups attached to an aromatic ring is 1. The SMILES string of the molecule is COc1ccc(Br)nc1-c1nc(N)nc(C2CCCN(C)C2)c1C. The molecule has 1 aliphatic rings. The van der Waals surface area contributed by atoms with Crippen molar-refractivity contribution in [3.8, 4) is 17.1 Å². The molecule has 0 radical (unpaired) electrons. The first-order valence-electron chi connectivity index (χ1n) is 8.03. The summed E-state index contributed by atoms with van der Waals surface area (Å²) in [6.07, 6.45) is 2.28. The van der Waals surface area contributed by atoms with E-state index in [1.54, 1.807) is 7.11 Å². The van der Waals surface area contributed by atoms with Crippen molar-refractivity contribution in [3.63, 3.8) is 0 Å². The zero-order valence-electron chi connectivity index (χ0n) is 14.2. The number of anilines is 1. The minimum absolute atomic E-state index is 0.280. The average molecular weight is 392 g/mol. The van der Waals surface area contributed by atoms with Gasteiger partial charge in [-0.25, -0.2) is 15.0 Å². The first-order chi connectivity index (χ1) is 11.5. The van der Waals surface area contributed by atoms with Crippen LogP contribution in [-0.4, -0.2) is 47.1 Å². The number of piperidine rings is 1. The third kappa shape index (κ3) is 3.37. The van der Waals surface area contributed by atoms with Gasteiger partial charge in [-0.05, 0) is 67.0 Å². The van der Waals surface area contributed by atoms with Gasteiger partial charge in [-0.15, -0.1) is 0 Å². The minimum Gasteiger partial charge on any atom is -0.494 e. The topological polar surface area (TPSA) is 77.2 Å². The molecule has 1 fully saturated rings. The molecule has 0 aliphatic carbocycles. The maximum atomic E-state index is 6.02. The van der Waals surface area contributed by atoms with E-state index in [1.807, 2.05) is 19.1 Å². The standard InChI is InChI=1S/C17H22BrN5O/c1-10-14(11-5-4-8-23(2)9-11)21-17(19)22-15(10)16-12(24-3)6-7-13(18)20-16/h6-7,11H,4-5,8-9H2,1-3H3,(H2,19,21,22). The second-order valence-corrected chi connectivity index (χ2v) is 7.04. The monoisotopic (exact) mass is 391 g/mol. The number of hydrogen-bond acceptors (Lipinski definition) is 6. The quantitative estimate of drug-likeness (QED) is 0.810. The van der Waals surface area contributed by atoms with E-state index in [0.29, 0.717) is 17.4 Å². The Morgan fingerprint density at radius 1 is 1.25 bits per heavy atom. The fourth-order valence-electron chi connectivity index (χ4n) is 3.33. The Kier molecular flexibility index (Phi) is 5.01. The lowest BCUT2D eigenvalue weighted by Gasteiger charge is -2.30. The number of rotatable bonds is 3. The molecule has 0 saturated carbocycles. The number of likely N-dealkylation sites (tertiary alicyclic amines) is 1. The van der Waals surface area contributed by atoms with E-state index >= 15 is 0 Å². The fraction of sp³-hybridized carbons (Fsp3) is 0.471. The molecule has 128 valence electrons. The Hall–Kier alpha value is -1.73. The predicted octanol–water partition coefficient (Wildman–Crippen LogP) is 3.01. The Bertz CT molecular complexity index is 752. The van der Waals surface area contributed by atoms with Crippen LogP contribution in [0.5, 0.6) is 5.75 Å². The lowest BCUT2D eigenvalue weighted by molar-refractivity contribution is 0.248. The third-order valence-corrected chi connectivity index (χ3v) is 4.92. The molecule has 3 rings (SSSR count). The van der Waals surface area contributed by atoms with Crippen molar-refractivity contribution in [2.24, 2.45) is 0 Å². The molecule has 2 aromatic rings. The number of nitrogens with two attached hydrogens (primary N) is 1. The third-order valence-electron chi connectivity index (χ3n) is 4.48. The number of halogens is 1. The molecule has 1 saturated heterocycles. The maximum absolute atomic E-state index is 6.02. The highest BCUT2D eigenvalue weighted by Gasteiger charge is 2.25. The number of likely N-dealkylation sites (N-methyl/N-ethyl adjacent to an activating group) is 1. The number of ether oxygens (including phenoxy) is 1. The fourth-order valence-corrected chi connectivity index (χ4v) is 3.64. The highest BCUT2D eigenvalue weighted by atomic mass is 79.9. The van der Waals surface area contributed by atoms with Gasteiger partial charge < -0.3 is 15.4 Å². The van der Waals surface area contributed by atoms with Crippen molar-refractivity contribution in [3.05, 3.63) is 28.0 Å². The normalized spacial score (nSPS) is 18.6. The number of pyridine rings is 1. The van der Waals surface area contributed by atoms with Crippen LogP contribution in [0.25, 0.3) is 11.4 Å². The van der Waals surface area contributed by atoms with Crippen LogP contribution in [-0.2, 0) is 0 Å². The van der Waals surface area contributed by atoms with Gasteiger partial charge in [-0.3, -0.25) is 0 Å². The van der Waals surface area contributed by atoms with Crippen LogP contribution in [0, 0.1) is 6.92 Å². The van der Waals surface area contributed by atoms with Gasteiger partial charge >= 0.3 is 0 Å². The molecule has 24 heavy (non-hydrogen) atoms. The Labute approximate surface area is 150 Å². The van der Waals surface area contributed by atoms with Gasteiger partial charge in [0.1, 0.15) is 21.7 Å². The van der Waals surface area contributed by atoms with E-state index in [2.05, 4.69) is 42.8 Å². The van der Waals surface area contributed by atoms with E-state index in [-0.39, 0.29) is 5.95 Å². The van der Waals surface area contributed by atoms with Crippen LogP contribution in [0.1, 0.15) is 30.0 Å². The zero-order chi connectivity index (χ0) is 17.3. The summed E-state index contributed by atoms with van der Waals surface area (Å²) in [5.74, 6) is 1.32. The van der Waals surface area contributed by atoms with Crippen molar-refractivity contribution >= 4 is 21.9 Å². The van der Waals surface area contributed by atoms with Crippen molar-refractivity contribution in [1.82, 2.24) is 19.9 Å². The Morgan fingerprint density at radius 2 is 2.04 bits per heavy atom. The van der Waals surface area contributed by atoms with E-state index in [1.165, 1.54) is 0 Å². The summed E-state index contributed by atoms with van der Waals surface area (Å²) in [4.78, 5) is 15.9. The first kappa shape index (κ1) is 17.1. The number of methoxy groups -OCH3 is 1. The second kappa shape index (κ2) is 7.03. The highest BCUT2D eigenvalue weighted by molar-refractivity contribution is 9.10. The van der Waals surface area contributed by atoms with E-state index in [0.717, 1.165) is 47.5 Å². The van der Waals surface area contributed by atoms with Gasteiger partial charge in [-0.2, -0.15) is 0 Å². The van der Waals surface area contributed by atoms with Gasteiger partial charge in [0.2, 0.25) is 5.95 Å². The number of nitrogens with zero attached hydrogens (tertiary/aromatic N) is 4. The summed E-state index contributed by atoms with van der Waals surface area (Å²) in [5, 5.41) is 0. The predicted molar refractivity (Wildman–Crippen MR) is 98.1 cm³/mol. The average Bonchev–Trinajstić information content (AvgIpc) is 2.56. The molecular weight excluding hydrogens is 370 g/mol. The van der Waals surface area contributed by atoms with E-state index in [9.17, 15) is 0 Å². The van der Waals surface area contributed by atoms with Crippen LogP contribution in [0.4, 0.5) is 5.95 Å². The van der Waals surface area contributed by atoms with Crippen LogP contribution < -0.4 is 10.5 Å². The summed E-state index contributed by atoms with van der Waals surface area (Å²) in [6, 6.07) is 3.72. The molecule has 6 nitrogen and oxygen atoms in total. The van der Waals surface area contributed by atoms with Crippen molar-refractivity contribution < 1.29 is 4.74 Å². The molecule has 0 aromatic carbocycles. The summed E-state index contributed by atoms with van der Waals surface area (Å²) < 4.78 is 6.19. The number of hydrogen-bond donors (Lipinski definition) is 1. The lowest BCUT2D eigenvalue weighted by Crippen LogP contribution is -2.31.